The van der Waals surface area contributed by atoms with Crippen LogP contribution >= 0.6 is 0 Å². The van der Waals surface area contributed by atoms with Gasteiger partial charge in [0.05, 0.1) is 0 Å². The van der Waals surface area contributed by atoms with Gasteiger partial charge >= 0.3 is 6.18 Å². The molecule has 1 aromatic heterocycles. The van der Waals surface area contributed by atoms with Crippen molar-refractivity contribution in [3.63, 3.8) is 0 Å². The van der Waals surface area contributed by atoms with Gasteiger partial charge in [-0.25, -0.2) is 4.39 Å². The van der Waals surface area contributed by atoms with E-state index in [0.717, 1.165) is 12.3 Å². The van der Waals surface area contributed by atoms with Crippen molar-refractivity contribution >= 4 is 5.57 Å². The number of hydrogen-bond acceptors (Lipinski definition) is 2. The number of piperidine rings is 1. The molecule has 0 atom stereocenters. The Labute approximate surface area is 108 Å². The van der Waals surface area contributed by atoms with Crippen LogP contribution in [0.25, 0.3) is 5.57 Å². The van der Waals surface area contributed by atoms with E-state index in [0.29, 0.717) is 18.7 Å². The molecule has 0 amide bonds. The van der Waals surface area contributed by atoms with Crippen LogP contribution < -0.4 is 5.32 Å². The number of nitrogens with zero attached hydrogens (tertiary/aromatic N) is 1. The number of pyridine rings is 1. The third-order valence-electron chi connectivity index (χ3n) is 3.34. The van der Waals surface area contributed by atoms with Crippen LogP contribution in [0.2, 0.25) is 0 Å². The van der Waals surface area contributed by atoms with Crippen molar-refractivity contribution in [2.24, 2.45) is 0 Å². The molecule has 6 heteroatoms. The van der Waals surface area contributed by atoms with Crippen LogP contribution in [-0.4, -0.2) is 23.7 Å². The first-order valence-corrected chi connectivity index (χ1v) is 5.95. The third-order valence-corrected chi connectivity index (χ3v) is 3.34. The van der Waals surface area contributed by atoms with E-state index in [2.05, 4.69) is 16.9 Å². The molecule has 0 spiro atoms. The summed E-state index contributed by atoms with van der Waals surface area (Å²) in [5, 5.41) is 3.03. The van der Waals surface area contributed by atoms with Crippen molar-refractivity contribution in [2.45, 2.75) is 24.7 Å². The summed E-state index contributed by atoms with van der Waals surface area (Å²) in [7, 11) is 0. The topological polar surface area (TPSA) is 24.9 Å². The maximum Gasteiger partial charge on any atom is 0.433 e. The molecule has 0 radical (unpaired) electrons. The van der Waals surface area contributed by atoms with E-state index in [4.69, 9.17) is 0 Å². The summed E-state index contributed by atoms with van der Waals surface area (Å²) in [6.45, 7) is 4.75. The van der Waals surface area contributed by atoms with Gasteiger partial charge in [-0.05, 0) is 43.1 Å². The molecule has 0 aliphatic carbocycles. The summed E-state index contributed by atoms with van der Waals surface area (Å²) in [6.07, 6.45) is -2.91. The average Bonchev–Trinajstić information content (AvgIpc) is 2.38. The highest BCUT2D eigenvalue weighted by Gasteiger charge is 2.36. The van der Waals surface area contributed by atoms with Crippen LogP contribution in [0.1, 0.15) is 24.1 Å². The van der Waals surface area contributed by atoms with E-state index in [1.165, 1.54) is 6.07 Å². The fourth-order valence-electron chi connectivity index (χ4n) is 2.12. The van der Waals surface area contributed by atoms with Gasteiger partial charge in [0.2, 0.25) is 0 Å². The van der Waals surface area contributed by atoms with E-state index >= 15 is 0 Å². The smallest absolute Gasteiger partial charge is 0.316 e. The van der Waals surface area contributed by atoms with Gasteiger partial charge in [0.1, 0.15) is 11.4 Å². The van der Waals surface area contributed by atoms with E-state index in [1.807, 2.05) is 0 Å². The van der Waals surface area contributed by atoms with Crippen LogP contribution in [0.3, 0.4) is 0 Å². The van der Waals surface area contributed by atoms with Crippen LogP contribution in [-0.2, 0) is 6.18 Å². The van der Waals surface area contributed by atoms with Crippen molar-refractivity contribution < 1.29 is 17.6 Å². The van der Waals surface area contributed by atoms with E-state index in [9.17, 15) is 17.6 Å². The minimum atomic E-state index is -4.48. The Kier molecular flexibility index (Phi) is 3.62. The normalized spacial score (nSPS) is 19.2. The van der Waals surface area contributed by atoms with Crippen molar-refractivity contribution in [3.05, 3.63) is 36.2 Å². The molecule has 0 aromatic carbocycles. The zero-order chi connectivity index (χ0) is 14.1. The number of alkyl halides is 4. The molecular weight excluding hydrogens is 260 g/mol. The summed E-state index contributed by atoms with van der Waals surface area (Å²) in [4.78, 5) is 3.33. The predicted molar refractivity (Wildman–Crippen MR) is 64.2 cm³/mol. The van der Waals surface area contributed by atoms with Gasteiger partial charge in [-0.1, -0.05) is 12.6 Å². The molecule has 1 N–H and O–H groups in total. The Morgan fingerprint density at radius 2 is 1.89 bits per heavy atom. The van der Waals surface area contributed by atoms with Crippen LogP contribution in [0, 0.1) is 0 Å². The first kappa shape index (κ1) is 14.0. The fraction of sp³-hybridized carbons (Fsp3) is 0.462. The number of allylic oxidation sites excluding steroid dienone is 1. The highest BCUT2D eigenvalue weighted by atomic mass is 19.4. The molecule has 0 bridgehead atoms. The zero-order valence-corrected chi connectivity index (χ0v) is 10.2. The Hall–Kier alpha value is -1.43. The van der Waals surface area contributed by atoms with Gasteiger partial charge in [-0.15, -0.1) is 0 Å². The van der Waals surface area contributed by atoms with Gasteiger partial charge in [0, 0.05) is 6.20 Å². The molecular formula is C13H14F4N2. The molecule has 0 unspecified atom stereocenters. The Balaban J connectivity index is 2.20. The lowest BCUT2D eigenvalue weighted by molar-refractivity contribution is -0.141. The van der Waals surface area contributed by atoms with E-state index in [-0.39, 0.29) is 18.4 Å². The first-order chi connectivity index (χ1) is 8.83. The first-order valence-electron chi connectivity index (χ1n) is 5.95. The van der Waals surface area contributed by atoms with Gasteiger partial charge in [0.25, 0.3) is 0 Å². The van der Waals surface area contributed by atoms with Crippen molar-refractivity contribution in [2.75, 3.05) is 13.1 Å². The monoisotopic (exact) mass is 274 g/mol. The highest BCUT2D eigenvalue weighted by Crippen LogP contribution is 2.37. The van der Waals surface area contributed by atoms with Gasteiger partial charge in [-0.3, -0.25) is 4.98 Å². The van der Waals surface area contributed by atoms with Crippen LogP contribution in [0.5, 0.6) is 0 Å². The number of rotatable bonds is 2. The lowest BCUT2D eigenvalue weighted by Gasteiger charge is -2.32. The minimum Gasteiger partial charge on any atom is -0.316 e. The molecule has 1 fully saturated rings. The Bertz CT molecular complexity index is 459. The molecule has 1 aliphatic heterocycles. The standard InChI is InChI=1S/C13H14F4N2/c1-9(12(14)4-6-18-7-5-12)10-2-3-11(19-8-10)13(15,16)17/h2-3,8,18H,1,4-7H2. The predicted octanol–water partition coefficient (Wildman–Crippen LogP) is 3.21. The molecule has 19 heavy (non-hydrogen) atoms. The van der Waals surface area contributed by atoms with Gasteiger partial charge < -0.3 is 5.32 Å². The van der Waals surface area contributed by atoms with Crippen LogP contribution in [0.4, 0.5) is 17.6 Å². The average molecular weight is 274 g/mol. The molecule has 1 saturated heterocycles. The second-order valence-corrected chi connectivity index (χ2v) is 4.62. The van der Waals surface area contributed by atoms with Gasteiger partial charge in [-0.2, -0.15) is 13.2 Å². The summed E-state index contributed by atoms with van der Waals surface area (Å²) in [5.41, 5.74) is -2.03. The summed E-state index contributed by atoms with van der Waals surface area (Å²) in [6, 6.07) is 2.08. The lowest BCUT2D eigenvalue weighted by atomic mass is 9.84. The quantitative estimate of drug-likeness (QED) is 0.838. The zero-order valence-electron chi connectivity index (χ0n) is 10.2. The number of aromatic nitrogens is 1. The number of nitrogens with one attached hydrogen (secondary N) is 1. The largest absolute Gasteiger partial charge is 0.433 e. The second-order valence-electron chi connectivity index (χ2n) is 4.62. The van der Waals surface area contributed by atoms with Crippen molar-refractivity contribution in [1.82, 2.24) is 10.3 Å². The molecule has 2 rings (SSSR count). The number of hydrogen-bond donors (Lipinski definition) is 1. The van der Waals surface area contributed by atoms with Crippen LogP contribution in [0.15, 0.2) is 24.9 Å². The second kappa shape index (κ2) is 4.92. The van der Waals surface area contributed by atoms with Gasteiger partial charge in [0.15, 0.2) is 0 Å². The summed E-state index contributed by atoms with van der Waals surface area (Å²) < 4.78 is 51.7. The van der Waals surface area contributed by atoms with Crippen molar-refractivity contribution in [1.29, 1.82) is 0 Å². The molecule has 1 aliphatic rings. The maximum atomic E-state index is 14.6. The number of halogens is 4. The van der Waals surface area contributed by atoms with Crippen molar-refractivity contribution in [3.8, 4) is 0 Å². The summed E-state index contributed by atoms with van der Waals surface area (Å²) in [5.74, 6) is 0. The minimum absolute atomic E-state index is 0.204. The highest BCUT2D eigenvalue weighted by molar-refractivity contribution is 5.69. The molecule has 0 saturated carbocycles. The lowest BCUT2D eigenvalue weighted by Crippen LogP contribution is -2.39. The molecule has 104 valence electrons. The third kappa shape index (κ3) is 2.94. The maximum absolute atomic E-state index is 14.6. The van der Waals surface area contributed by atoms with E-state index < -0.39 is 17.5 Å². The SMILES string of the molecule is C=C(c1ccc(C(F)(F)F)nc1)C1(F)CCNCC1. The molecule has 2 heterocycles. The fourth-order valence-corrected chi connectivity index (χ4v) is 2.12. The summed E-state index contributed by atoms with van der Waals surface area (Å²) >= 11 is 0. The van der Waals surface area contributed by atoms with E-state index in [1.54, 1.807) is 0 Å². The molecule has 1 aromatic rings. The molecule has 2 nitrogen and oxygen atoms in total. The Morgan fingerprint density at radius 3 is 2.37 bits per heavy atom. The Morgan fingerprint density at radius 1 is 1.26 bits per heavy atom.